The van der Waals surface area contributed by atoms with E-state index in [1.165, 1.54) is 17.3 Å². The summed E-state index contributed by atoms with van der Waals surface area (Å²) in [5.74, 6) is 0. The van der Waals surface area contributed by atoms with Crippen molar-refractivity contribution in [1.82, 2.24) is 14.9 Å². The average Bonchev–Trinajstić information content (AvgIpc) is 2.79. The highest BCUT2D eigenvalue weighted by Gasteiger charge is 2.11. The van der Waals surface area contributed by atoms with Crippen molar-refractivity contribution in [2.24, 2.45) is 0 Å². The monoisotopic (exact) mass is 223 g/mol. The molecule has 1 heterocycles. The summed E-state index contributed by atoms with van der Waals surface area (Å²) in [6.07, 6.45) is 10.3. The minimum atomic E-state index is -0.0768. The van der Waals surface area contributed by atoms with E-state index in [1.54, 1.807) is 12.4 Å². The zero-order chi connectivity index (χ0) is 11.8. The summed E-state index contributed by atoms with van der Waals surface area (Å²) in [5.41, 5.74) is 0. The molecule has 1 aromatic rings. The van der Waals surface area contributed by atoms with Crippen LogP contribution in [0, 0.1) is 0 Å². The Morgan fingerprint density at radius 3 is 2.75 bits per heavy atom. The normalized spacial score (nSPS) is 12.4. The molecule has 0 bridgehead atoms. The van der Waals surface area contributed by atoms with Crippen LogP contribution in [0.15, 0.2) is 18.7 Å². The van der Waals surface area contributed by atoms with E-state index < -0.39 is 0 Å². The number of nitrogens with one attached hydrogen (secondary N) is 1. The topological polar surface area (TPSA) is 46.9 Å². The predicted octanol–water partition coefficient (Wildman–Crippen LogP) is 2.80. The van der Waals surface area contributed by atoms with Gasteiger partial charge in [0.1, 0.15) is 6.33 Å². The second-order valence-corrected chi connectivity index (χ2v) is 4.05. The number of amides is 1. The van der Waals surface area contributed by atoms with Crippen LogP contribution in [-0.4, -0.2) is 21.6 Å². The molecule has 0 aliphatic carbocycles. The second kappa shape index (κ2) is 7.04. The molecule has 0 saturated carbocycles. The van der Waals surface area contributed by atoms with Gasteiger partial charge in [0, 0.05) is 18.4 Å². The van der Waals surface area contributed by atoms with Crippen LogP contribution in [0.25, 0.3) is 0 Å². The van der Waals surface area contributed by atoms with E-state index >= 15 is 0 Å². The van der Waals surface area contributed by atoms with Gasteiger partial charge < -0.3 is 5.32 Å². The molecule has 0 fully saturated rings. The highest BCUT2D eigenvalue weighted by molar-refractivity contribution is 5.76. The first-order valence-electron chi connectivity index (χ1n) is 6.06. The van der Waals surface area contributed by atoms with Gasteiger partial charge in [-0.05, 0) is 12.8 Å². The number of nitrogens with zero attached hydrogens (tertiary/aromatic N) is 2. The Morgan fingerprint density at radius 1 is 1.38 bits per heavy atom. The van der Waals surface area contributed by atoms with Crippen LogP contribution < -0.4 is 5.32 Å². The molecule has 1 aromatic heterocycles. The number of unbranched alkanes of at least 4 members (excludes halogenated alkanes) is 1. The molecule has 1 atom stereocenters. The molecule has 4 heteroatoms. The number of rotatable bonds is 6. The fraction of sp³-hybridized carbons (Fsp3) is 0.667. The van der Waals surface area contributed by atoms with E-state index in [0.29, 0.717) is 6.04 Å². The maximum Gasteiger partial charge on any atom is 0.327 e. The van der Waals surface area contributed by atoms with E-state index in [0.717, 1.165) is 25.7 Å². The molecule has 0 aliphatic rings. The molecular weight excluding hydrogens is 202 g/mol. The van der Waals surface area contributed by atoms with Crippen LogP contribution in [0.1, 0.15) is 46.0 Å². The van der Waals surface area contributed by atoms with Crippen molar-refractivity contribution in [3.63, 3.8) is 0 Å². The highest BCUT2D eigenvalue weighted by Crippen LogP contribution is 2.07. The van der Waals surface area contributed by atoms with Crippen molar-refractivity contribution in [1.29, 1.82) is 0 Å². The van der Waals surface area contributed by atoms with E-state index in [1.807, 2.05) is 0 Å². The first kappa shape index (κ1) is 12.7. The lowest BCUT2D eigenvalue weighted by Gasteiger charge is -2.17. The molecule has 0 saturated heterocycles. The molecule has 1 rings (SSSR count). The number of carbonyl (C=O) groups excluding carboxylic acids is 1. The van der Waals surface area contributed by atoms with Crippen LogP contribution in [-0.2, 0) is 0 Å². The maximum absolute atomic E-state index is 11.8. The van der Waals surface area contributed by atoms with Crippen molar-refractivity contribution in [3.8, 4) is 0 Å². The Kier molecular flexibility index (Phi) is 5.61. The Bertz CT molecular complexity index is 295. The second-order valence-electron chi connectivity index (χ2n) is 4.05. The lowest BCUT2D eigenvalue weighted by atomic mass is 10.1. The number of imidazole rings is 1. The number of carbonyl (C=O) groups is 1. The highest BCUT2D eigenvalue weighted by atomic mass is 16.2. The lowest BCUT2D eigenvalue weighted by molar-refractivity contribution is 0.236. The Morgan fingerprint density at radius 2 is 2.19 bits per heavy atom. The van der Waals surface area contributed by atoms with Crippen LogP contribution in [0.4, 0.5) is 4.79 Å². The molecule has 0 spiro atoms. The average molecular weight is 223 g/mol. The molecule has 0 aliphatic heterocycles. The van der Waals surface area contributed by atoms with Crippen molar-refractivity contribution >= 4 is 6.03 Å². The van der Waals surface area contributed by atoms with E-state index in [9.17, 15) is 4.79 Å². The Labute approximate surface area is 97.1 Å². The summed E-state index contributed by atoms with van der Waals surface area (Å²) in [6.45, 7) is 4.31. The van der Waals surface area contributed by atoms with E-state index in [4.69, 9.17) is 0 Å². The zero-order valence-corrected chi connectivity index (χ0v) is 10.1. The van der Waals surface area contributed by atoms with Gasteiger partial charge in [0.15, 0.2) is 0 Å². The van der Waals surface area contributed by atoms with Gasteiger partial charge in [-0.2, -0.15) is 0 Å². The first-order valence-corrected chi connectivity index (χ1v) is 6.06. The molecule has 1 amide bonds. The fourth-order valence-electron chi connectivity index (χ4n) is 1.72. The molecule has 0 radical (unpaired) electrons. The SMILES string of the molecule is CCCCC(CCC)NC(=O)n1ccnc1. The molecule has 1 unspecified atom stereocenters. The van der Waals surface area contributed by atoms with Crippen molar-refractivity contribution in [2.75, 3.05) is 0 Å². The molecule has 0 aromatic carbocycles. The third-order valence-electron chi connectivity index (χ3n) is 2.61. The molecule has 16 heavy (non-hydrogen) atoms. The van der Waals surface area contributed by atoms with E-state index in [-0.39, 0.29) is 6.03 Å². The summed E-state index contributed by atoms with van der Waals surface area (Å²) in [6, 6.07) is 0.215. The number of hydrogen-bond acceptors (Lipinski definition) is 2. The van der Waals surface area contributed by atoms with E-state index in [2.05, 4.69) is 24.1 Å². The zero-order valence-electron chi connectivity index (χ0n) is 10.1. The van der Waals surface area contributed by atoms with Gasteiger partial charge in [-0.1, -0.05) is 33.1 Å². The standard InChI is InChI=1S/C12H21N3O/c1-3-5-7-11(6-4-2)14-12(16)15-9-8-13-10-15/h8-11H,3-7H2,1-2H3,(H,14,16). The van der Waals surface area contributed by atoms with Crippen LogP contribution in [0.3, 0.4) is 0 Å². The third-order valence-corrected chi connectivity index (χ3v) is 2.61. The molecule has 90 valence electrons. The minimum Gasteiger partial charge on any atom is -0.335 e. The van der Waals surface area contributed by atoms with Gasteiger partial charge in [0.25, 0.3) is 0 Å². The van der Waals surface area contributed by atoms with Gasteiger partial charge >= 0.3 is 6.03 Å². The Balaban J connectivity index is 2.44. The van der Waals surface area contributed by atoms with Gasteiger partial charge in [0.05, 0.1) is 0 Å². The Hall–Kier alpha value is -1.32. The summed E-state index contributed by atoms with van der Waals surface area (Å²) in [4.78, 5) is 15.6. The number of hydrogen-bond donors (Lipinski definition) is 1. The van der Waals surface area contributed by atoms with Crippen LogP contribution in [0.5, 0.6) is 0 Å². The van der Waals surface area contributed by atoms with Gasteiger partial charge in [0.2, 0.25) is 0 Å². The maximum atomic E-state index is 11.8. The summed E-state index contributed by atoms with van der Waals surface area (Å²) in [5, 5.41) is 3.04. The van der Waals surface area contributed by atoms with Crippen LogP contribution in [0.2, 0.25) is 0 Å². The predicted molar refractivity (Wildman–Crippen MR) is 64.4 cm³/mol. The lowest BCUT2D eigenvalue weighted by Crippen LogP contribution is -2.37. The molecular formula is C12H21N3O. The molecule has 1 N–H and O–H groups in total. The summed E-state index contributed by atoms with van der Waals surface area (Å²) >= 11 is 0. The quantitative estimate of drug-likeness (QED) is 0.806. The fourth-order valence-corrected chi connectivity index (χ4v) is 1.72. The summed E-state index contributed by atoms with van der Waals surface area (Å²) < 4.78 is 1.48. The van der Waals surface area contributed by atoms with Crippen molar-refractivity contribution in [3.05, 3.63) is 18.7 Å². The minimum absolute atomic E-state index is 0.0768. The van der Waals surface area contributed by atoms with Crippen molar-refractivity contribution < 1.29 is 4.79 Å². The van der Waals surface area contributed by atoms with Crippen LogP contribution >= 0.6 is 0 Å². The molecule has 4 nitrogen and oxygen atoms in total. The third kappa shape index (κ3) is 4.04. The van der Waals surface area contributed by atoms with Gasteiger partial charge in [-0.15, -0.1) is 0 Å². The number of aromatic nitrogens is 2. The van der Waals surface area contributed by atoms with Crippen molar-refractivity contribution in [2.45, 2.75) is 52.0 Å². The van der Waals surface area contributed by atoms with Gasteiger partial charge in [-0.3, -0.25) is 4.57 Å². The smallest absolute Gasteiger partial charge is 0.327 e. The van der Waals surface area contributed by atoms with Gasteiger partial charge in [-0.25, -0.2) is 9.78 Å². The summed E-state index contributed by atoms with van der Waals surface area (Å²) in [7, 11) is 0. The largest absolute Gasteiger partial charge is 0.335 e. The first-order chi connectivity index (χ1) is 7.77.